The van der Waals surface area contributed by atoms with E-state index in [9.17, 15) is 14.0 Å². The Morgan fingerprint density at radius 1 is 1.46 bits per heavy atom. The molecule has 5 N–H and O–H groups in total. The van der Waals surface area contributed by atoms with Gasteiger partial charge in [-0.05, 0) is 12.8 Å². The van der Waals surface area contributed by atoms with E-state index in [-0.39, 0.29) is 12.8 Å². The van der Waals surface area contributed by atoms with Crippen molar-refractivity contribution in [2.45, 2.75) is 18.9 Å². The number of amides is 1. The van der Waals surface area contributed by atoms with Crippen LogP contribution in [0.2, 0.25) is 0 Å². The zero-order chi connectivity index (χ0) is 10.4. The van der Waals surface area contributed by atoms with Gasteiger partial charge in [-0.1, -0.05) is 0 Å². The molecule has 2 unspecified atom stereocenters. The minimum atomic E-state index is -1.22. The smallest absolute Gasteiger partial charge is 0.320 e. The molecule has 0 aromatic carbocycles. The van der Waals surface area contributed by atoms with E-state index in [1.165, 1.54) is 0 Å². The number of primary amides is 1. The molecule has 76 valence electrons. The van der Waals surface area contributed by atoms with Gasteiger partial charge >= 0.3 is 5.97 Å². The van der Waals surface area contributed by atoms with E-state index >= 15 is 0 Å². The van der Waals surface area contributed by atoms with Crippen molar-refractivity contribution in [2.24, 2.45) is 17.4 Å². The van der Waals surface area contributed by atoms with E-state index in [0.29, 0.717) is 0 Å². The van der Waals surface area contributed by atoms with Crippen LogP contribution in [0, 0.1) is 5.92 Å². The summed E-state index contributed by atoms with van der Waals surface area (Å²) in [5.74, 6) is -2.73. The van der Waals surface area contributed by atoms with Crippen LogP contribution >= 0.6 is 0 Å². The number of aliphatic carboxylic acids is 1. The zero-order valence-corrected chi connectivity index (χ0v) is 7.07. The number of nitrogens with two attached hydrogens (primary N) is 2. The Labute approximate surface area is 74.9 Å². The number of halogens is 1. The molecule has 0 aromatic heterocycles. The first-order valence-electron chi connectivity index (χ1n) is 3.82. The molecule has 0 saturated carbocycles. The summed E-state index contributed by atoms with van der Waals surface area (Å²) in [7, 11) is 0. The lowest BCUT2D eigenvalue weighted by atomic mass is 9.97. The second-order valence-electron chi connectivity index (χ2n) is 2.76. The summed E-state index contributed by atoms with van der Waals surface area (Å²) in [6.07, 6.45) is -0.190. The number of carboxylic acids is 1. The summed E-state index contributed by atoms with van der Waals surface area (Å²) in [4.78, 5) is 20.9. The van der Waals surface area contributed by atoms with Gasteiger partial charge in [-0.15, -0.1) is 0 Å². The summed E-state index contributed by atoms with van der Waals surface area (Å²) in [5.41, 5.74) is 10.1. The van der Waals surface area contributed by atoms with E-state index in [1.54, 1.807) is 0 Å². The average Bonchev–Trinajstić information content (AvgIpc) is 2.03. The number of carboxylic acid groups (broad SMARTS) is 1. The van der Waals surface area contributed by atoms with Crippen molar-refractivity contribution in [1.82, 2.24) is 0 Å². The van der Waals surface area contributed by atoms with Gasteiger partial charge in [-0.25, -0.2) is 0 Å². The Balaban J connectivity index is 4.09. The standard InChI is InChI=1S/C7H13FN2O3/c8-2-1-4(6(10)11)3-5(9)7(12)13/h4-5H,1-3,9H2,(H2,10,11)(H,12,13). The number of alkyl halides is 1. The van der Waals surface area contributed by atoms with Crippen molar-refractivity contribution in [2.75, 3.05) is 6.67 Å². The molecule has 2 atom stereocenters. The molecule has 0 aliphatic rings. The second-order valence-corrected chi connectivity index (χ2v) is 2.76. The van der Waals surface area contributed by atoms with Gasteiger partial charge in [0, 0.05) is 5.92 Å². The number of carbonyl (C=O) groups excluding carboxylic acids is 1. The molecule has 0 aromatic rings. The van der Waals surface area contributed by atoms with Crippen LogP contribution in [0.1, 0.15) is 12.8 Å². The predicted octanol–water partition coefficient (Wildman–Crippen LogP) is -0.750. The van der Waals surface area contributed by atoms with Crippen LogP contribution in [0.25, 0.3) is 0 Å². The van der Waals surface area contributed by atoms with Crippen molar-refractivity contribution >= 4 is 11.9 Å². The van der Waals surface area contributed by atoms with Gasteiger partial charge in [-0.2, -0.15) is 0 Å². The topological polar surface area (TPSA) is 106 Å². The maximum atomic E-state index is 11.9. The fourth-order valence-corrected chi connectivity index (χ4v) is 0.915. The molecular weight excluding hydrogens is 179 g/mol. The predicted molar refractivity (Wildman–Crippen MR) is 43.5 cm³/mol. The number of carbonyl (C=O) groups is 2. The molecule has 6 heteroatoms. The third-order valence-corrected chi connectivity index (χ3v) is 1.72. The van der Waals surface area contributed by atoms with Crippen LogP contribution in [0.3, 0.4) is 0 Å². The van der Waals surface area contributed by atoms with Gasteiger partial charge in [0.25, 0.3) is 0 Å². The van der Waals surface area contributed by atoms with Crippen molar-refractivity contribution in [3.8, 4) is 0 Å². The van der Waals surface area contributed by atoms with Crippen LogP contribution in [0.4, 0.5) is 4.39 Å². The van der Waals surface area contributed by atoms with Crippen LogP contribution in [-0.4, -0.2) is 29.7 Å². The highest BCUT2D eigenvalue weighted by atomic mass is 19.1. The quantitative estimate of drug-likeness (QED) is 0.514. The average molecular weight is 192 g/mol. The molecule has 13 heavy (non-hydrogen) atoms. The van der Waals surface area contributed by atoms with Gasteiger partial charge in [0.1, 0.15) is 6.04 Å². The zero-order valence-electron chi connectivity index (χ0n) is 7.07. The molecule has 0 radical (unpaired) electrons. The summed E-state index contributed by atoms with van der Waals surface area (Å²) < 4.78 is 11.9. The molecule has 5 nitrogen and oxygen atoms in total. The van der Waals surface area contributed by atoms with Crippen LogP contribution in [-0.2, 0) is 9.59 Å². The molecule has 0 rings (SSSR count). The fourth-order valence-electron chi connectivity index (χ4n) is 0.915. The van der Waals surface area contributed by atoms with Gasteiger partial charge < -0.3 is 16.6 Å². The minimum absolute atomic E-state index is 0.0731. The molecule has 0 spiro atoms. The van der Waals surface area contributed by atoms with Gasteiger partial charge in [-0.3, -0.25) is 14.0 Å². The van der Waals surface area contributed by atoms with Crippen LogP contribution < -0.4 is 11.5 Å². The molecule has 0 fully saturated rings. The molecule has 0 saturated heterocycles. The SMILES string of the molecule is NC(=O)C(CCF)CC(N)C(=O)O. The molecule has 0 heterocycles. The van der Waals surface area contributed by atoms with Crippen LogP contribution in [0.5, 0.6) is 0 Å². The second kappa shape index (κ2) is 5.47. The summed E-state index contributed by atoms with van der Waals surface area (Å²) in [6.45, 7) is -0.708. The van der Waals surface area contributed by atoms with Crippen molar-refractivity contribution in [3.05, 3.63) is 0 Å². The van der Waals surface area contributed by atoms with E-state index < -0.39 is 30.5 Å². The Hall–Kier alpha value is -1.17. The molecule has 0 aliphatic heterocycles. The largest absolute Gasteiger partial charge is 0.480 e. The first-order chi connectivity index (χ1) is 5.99. The first kappa shape index (κ1) is 11.8. The third-order valence-electron chi connectivity index (χ3n) is 1.72. The Kier molecular flexibility index (Phi) is 4.98. The fraction of sp³-hybridized carbons (Fsp3) is 0.714. The van der Waals surface area contributed by atoms with Gasteiger partial charge in [0.05, 0.1) is 6.67 Å². The molecule has 1 amide bonds. The minimum Gasteiger partial charge on any atom is -0.480 e. The number of hydrogen-bond donors (Lipinski definition) is 3. The Morgan fingerprint density at radius 2 is 2.00 bits per heavy atom. The third kappa shape index (κ3) is 4.41. The molecule has 0 aliphatic carbocycles. The van der Waals surface area contributed by atoms with E-state index in [0.717, 1.165) is 0 Å². The molecular formula is C7H13FN2O3. The number of hydrogen-bond acceptors (Lipinski definition) is 3. The lowest BCUT2D eigenvalue weighted by Gasteiger charge is -2.13. The van der Waals surface area contributed by atoms with Crippen molar-refractivity contribution < 1.29 is 19.1 Å². The summed E-state index contributed by atoms with van der Waals surface area (Å²) in [6, 6.07) is -1.16. The van der Waals surface area contributed by atoms with E-state index in [4.69, 9.17) is 16.6 Å². The van der Waals surface area contributed by atoms with E-state index in [2.05, 4.69) is 0 Å². The van der Waals surface area contributed by atoms with Crippen molar-refractivity contribution in [1.29, 1.82) is 0 Å². The van der Waals surface area contributed by atoms with E-state index in [1.807, 2.05) is 0 Å². The monoisotopic (exact) mass is 192 g/mol. The highest BCUT2D eigenvalue weighted by Crippen LogP contribution is 2.10. The Morgan fingerprint density at radius 3 is 2.31 bits per heavy atom. The normalized spacial score (nSPS) is 14.9. The maximum Gasteiger partial charge on any atom is 0.320 e. The Bertz CT molecular complexity index is 198. The summed E-state index contributed by atoms with van der Waals surface area (Å²) >= 11 is 0. The maximum absolute atomic E-state index is 11.9. The van der Waals surface area contributed by atoms with Crippen molar-refractivity contribution in [3.63, 3.8) is 0 Å². The van der Waals surface area contributed by atoms with Gasteiger partial charge in [0.2, 0.25) is 5.91 Å². The van der Waals surface area contributed by atoms with Crippen LogP contribution in [0.15, 0.2) is 0 Å². The lowest BCUT2D eigenvalue weighted by molar-refractivity contribution is -0.139. The number of rotatable bonds is 6. The highest BCUT2D eigenvalue weighted by molar-refractivity contribution is 5.79. The highest BCUT2D eigenvalue weighted by Gasteiger charge is 2.22. The summed E-state index contributed by atoms with van der Waals surface area (Å²) in [5, 5.41) is 8.41. The van der Waals surface area contributed by atoms with Gasteiger partial charge in [0.15, 0.2) is 0 Å². The lowest BCUT2D eigenvalue weighted by Crippen LogP contribution is -2.36. The molecule has 0 bridgehead atoms. The first-order valence-corrected chi connectivity index (χ1v) is 3.82.